The Morgan fingerprint density at radius 3 is 2.79 bits per heavy atom. The van der Waals surface area contributed by atoms with E-state index in [0.29, 0.717) is 5.76 Å². The molecule has 0 saturated carbocycles. The summed E-state index contributed by atoms with van der Waals surface area (Å²) in [4.78, 5) is 41.4. The molecule has 0 atom stereocenters. The van der Waals surface area contributed by atoms with Crippen LogP contribution in [0.4, 0.5) is 0 Å². The number of H-pyrrole nitrogens is 1. The number of aromatic nitrogens is 2. The van der Waals surface area contributed by atoms with Crippen LogP contribution in [0.5, 0.6) is 0 Å². The van der Waals surface area contributed by atoms with Crippen molar-refractivity contribution in [3.05, 3.63) is 56.8 Å². The average molecular weight is 332 g/mol. The summed E-state index contributed by atoms with van der Waals surface area (Å²) >= 11 is 0. The van der Waals surface area contributed by atoms with E-state index in [-0.39, 0.29) is 18.2 Å². The second-order valence-electron chi connectivity index (χ2n) is 6.03. The number of nitrogens with zero attached hydrogens (tertiary/aromatic N) is 2. The number of amides is 1. The Kier molecular flexibility index (Phi) is 4.66. The summed E-state index contributed by atoms with van der Waals surface area (Å²) in [6, 6.07) is 3.38. The third kappa shape index (κ3) is 3.48. The molecule has 0 unspecified atom stereocenters. The second-order valence-corrected chi connectivity index (χ2v) is 6.03. The minimum atomic E-state index is -0.624. The molecule has 0 aromatic carbocycles. The Morgan fingerprint density at radius 1 is 1.38 bits per heavy atom. The Hall–Kier alpha value is -2.61. The molecule has 2 aromatic heterocycles. The van der Waals surface area contributed by atoms with E-state index < -0.39 is 17.2 Å². The van der Waals surface area contributed by atoms with Crippen LogP contribution in [0.2, 0.25) is 0 Å². The summed E-state index contributed by atoms with van der Waals surface area (Å²) in [6.07, 6.45) is 4.32. The van der Waals surface area contributed by atoms with Crippen LogP contribution in [0, 0.1) is 0 Å². The van der Waals surface area contributed by atoms with Crippen LogP contribution >= 0.6 is 0 Å². The standard InChI is InChI=1S/C16H20N4O4/c1-19-6-4-11(5-7-19)18-14(21)13-9-17-16(23)20(15(13)22)10-12-3-2-8-24-12/h2-3,8-9,11H,4-7,10H2,1H3,(H,17,23)(H,18,21). The maximum atomic E-state index is 12.5. The number of nitrogens with one attached hydrogen (secondary N) is 2. The monoisotopic (exact) mass is 332 g/mol. The van der Waals surface area contributed by atoms with E-state index in [1.54, 1.807) is 12.1 Å². The lowest BCUT2D eigenvalue weighted by atomic mass is 10.1. The highest BCUT2D eigenvalue weighted by molar-refractivity contribution is 5.93. The van der Waals surface area contributed by atoms with Crippen molar-refractivity contribution in [1.29, 1.82) is 0 Å². The van der Waals surface area contributed by atoms with Gasteiger partial charge in [-0.1, -0.05) is 0 Å². The van der Waals surface area contributed by atoms with E-state index in [4.69, 9.17) is 4.42 Å². The molecule has 8 nitrogen and oxygen atoms in total. The van der Waals surface area contributed by atoms with Crippen molar-refractivity contribution in [2.45, 2.75) is 25.4 Å². The smallest absolute Gasteiger partial charge is 0.328 e. The van der Waals surface area contributed by atoms with Gasteiger partial charge in [0.05, 0.1) is 12.8 Å². The number of carbonyl (C=O) groups is 1. The van der Waals surface area contributed by atoms with Crippen LogP contribution in [0.15, 0.2) is 38.6 Å². The number of piperidine rings is 1. The van der Waals surface area contributed by atoms with Gasteiger partial charge < -0.3 is 19.6 Å². The molecule has 1 fully saturated rings. The Balaban J connectivity index is 1.79. The summed E-state index contributed by atoms with van der Waals surface area (Å²) in [7, 11) is 2.03. The van der Waals surface area contributed by atoms with E-state index in [9.17, 15) is 14.4 Å². The molecule has 0 aliphatic carbocycles. The minimum Gasteiger partial charge on any atom is -0.467 e. The number of carbonyl (C=O) groups excluding carboxylic acids is 1. The number of rotatable bonds is 4. The number of hydrogen-bond acceptors (Lipinski definition) is 5. The molecular formula is C16H20N4O4. The third-order valence-electron chi connectivity index (χ3n) is 4.25. The van der Waals surface area contributed by atoms with Gasteiger partial charge in [-0.05, 0) is 45.1 Å². The van der Waals surface area contributed by atoms with E-state index in [1.807, 2.05) is 7.05 Å². The fourth-order valence-corrected chi connectivity index (χ4v) is 2.79. The highest BCUT2D eigenvalue weighted by atomic mass is 16.3. The predicted octanol–water partition coefficient (Wildman–Crippen LogP) is 0.00190. The highest BCUT2D eigenvalue weighted by Gasteiger charge is 2.21. The van der Waals surface area contributed by atoms with E-state index >= 15 is 0 Å². The first-order chi connectivity index (χ1) is 11.5. The fourth-order valence-electron chi connectivity index (χ4n) is 2.79. The van der Waals surface area contributed by atoms with Gasteiger partial charge in [0.25, 0.3) is 11.5 Å². The fraction of sp³-hybridized carbons (Fsp3) is 0.438. The lowest BCUT2D eigenvalue weighted by Gasteiger charge is -2.29. The Labute approximate surface area is 138 Å². The van der Waals surface area contributed by atoms with Gasteiger partial charge in [-0.15, -0.1) is 0 Å². The summed E-state index contributed by atoms with van der Waals surface area (Å²) in [5.74, 6) is 0.00877. The van der Waals surface area contributed by atoms with Crippen molar-refractivity contribution in [2.75, 3.05) is 20.1 Å². The van der Waals surface area contributed by atoms with Crippen LogP contribution in [-0.4, -0.2) is 46.5 Å². The minimum absolute atomic E-state index is 0.0174. The lowest BCUT2D eigenvalue weighted by Crippen LogP contribution is -2.46. The molecule has 1 aliphatic heterocycles. The van der Waals surface area contributed by atoms with Crippen molar-refractivity contribution >= 4 is 5.91 Å². The molecule has 3 rings (SSSR count). The normalized spacial score (nSPS) is 16.2. The van der Waals surface area contributed by atoms with E-state index in [0.717, 1.165) is 30.5 Å². The van der Waals surface area contributed by atoms with Gasteiger partial charge in [0.1, 0.15) is 11.3 Å². The molecule has 3 heterocycles. The number of likely N-dealkylation sites (tertiary alicyclic amines) is 1. The molecule has 8 heteroatoms. The lowest BCUT2D eigenvalue weighted by molar-refractivity contribution is 0.0914. The summed E-state index contributed by atoms with van der Waals surface area (Å²) in [5, 5.41) is 2.88. The van der Waals surface area contributed by atoms with Gasteiger partial charge in [0.15, 0.2) is 0 Å². The molecule has 1 aliphatic rings. The molecule has 0 spiro atoms. The van der Waals surface area contributed by atoms with Crippen molar-refractivity contribution in [3.8, 4) is 0 Å². The molecule has 0 radical (unpaired) electrons. The summed E-state index contributed by atoms with van der Waals surface area (Å²) in [6.45, 7) is 1.79. The second kappa shape index (κ2) is 6.88. The van der Waals surface area contributed by atoms with Gasteiger partial charge in [0.2, 0.25) is 0 Å². The summed E-state index contributed by atoms with van der Waals surface area (Å²) < 4.78 is 6.12. The maximum Gasteiger partial charge on any atom is 0.328 e. The molecule has 1 amide bonds. The first-order valence-corrected chi connectivity index (χ1v) is 7.89. The molecule has 0 bridgehead atoms. The Bertz CT molecular complexity index is 813. The average Bonchev–Trinajstić information content (AvgIpc) is 3.06. The van der Waals surface area contributed by atoms with Crippen LogP contribution in [0.25, 0.3) is 0 Å². The van der Waals surface area contributed by atoms with Gasteiger partial charge in [-0.3, -0.25) is 14.2 Å². The zero-order valence-corrected chi connectivity index (χ0v) is 13.4. The highest BCUT2D eigenvalue weighted by Crippen LogP contribution is 2.08. The van der Waals surface area contributed by atoms with Crippen molar-refractivity contribution in [2.24, 2.45) is 0 Å². The molecule has 2 N–H and O–H groups in total. The topological polar surface area (TPSA) is 100 Å². The first kappa shape index (κ1) is 16.3. The van der Waals surface area contributed by atoms with Crippen LogP contribution in [0.3, 0.4) is 0 Å². The molecule has 2 aromatic rings. The predicted molar refractivity (Wildman–Crippen MR) is 87.1 cm³/mol. The number of aromatic amines is 1. The molecule has 128 valence electrons. The van der Waals surface area contributed by atoms with Crippen LogP contribution in [-0.2, 0) is 6.54 Å². The van der Waals surface area contributed by atoms with Crippen molar-refractivity contribution in [3.63, 3.8) is 0 Å². The van der Waals surface area contributed by atoms with Gasteiger partial charge in [-0.2, -0.15) is 0 Å². The van der Waals surface area contributed by atoms with Gasteiger partial charge in [0, 0.05) is 12.2 Å². The quantitative estimate of drug-likeness (QED) is 0.821. The van der Waals surface area contributed by atoms with Crippen molar-refractivity contribution in [1.82, 2.24) is 19.8 Å². The third-order valence-corrected chi connectivity index (χ3v) is 4.25. The van der Waals surface area contributed by atoms with E-state index in [1.165, 1.54) is 12.5 Å². The zero-order valence-electron chi connectivity index (χ0n) is 13.4. The first-order valence-electron chi connectivity index (χ1n) is 7.89. The van der Waals surface area contributed by atoms with Gasteiger partial charge >= 0.3 is 5.69 Å². The zero-order chi connectivity index (χ0) is 17.1. The van der Waals surface area contributed by atoms with Crippen LogP contribution < -0.4 is 16.6 Å². The SMILES string of the molecule is CN1CCC(NC(=O)c2c[nH]c(=O)n(Cc3ccco3)c2=O)CC1. The molecule has 24 heavy (non-hydrogen) atoms. The van der Waals surface area contributed by atoms with Crippen molar-refractivity contribution < 1.29 is 9.21 Å². The maximum absolute atomic E-state index is 12.5. The molecule has 1 saturated heterocycles. The number of furan rings is 1. The van der Waals surface area contributed by atoms with Gasteiger partial charge in [-0.25, -0.2) is 4.79 Å². The summed E-state index contributed by atoms with van der Waals surface area (Å²) in [5.41, 5.74) is -1.27. The van der Waals surface area contributed by atoms with Crippen LogP contribution in [0.1, 0.15) is 29.0 Å². The molecular weight excluding hydrogens is 312 g/mol. The number of hydrogen-bond donors (Lipinski definition) is 2. The van der Waals surface area contributed by atoms with E-state index in [2.05, 4.69) is 15.2 Å². The Morgan fingerprint density at radius 2 is 2.12 bits per heavy atom. The largest absolute Gasteiger partial charge is 0.467 e.